The van der Waals surface area contributed by atoms with Gasteiger partial charge in [0.25, 0.3) is 0 Å². The number of nitrogens with one attached hydrogen (secondary N) is 2. The van der Waals surface area contributed by atoms with E-state index in [9.17, 15) is 9.59 Å². The summed E-state index contributed by atoms with van der Waals surface area (Å²) >= 11 is 0. The van der Waals surface area contributed by atoms with Crippen LogP contribution in [0.4, 0.5) is 0 Å². The van der Waals surface area contributed by atoms with E-state index in [0.717, 1.165) is 26.2 Å². The zero-order valence-electron chi connectivity index (χ0n) is 10.8. The van der Waals surface area contributed by atoms with E-state index in [-0.39, 0.29) is 16.7 Å². The van der Waals surface area contributed by atoms with Gasteiger partial charge >= 0.3 is 11.9 Å². The summed E-state index contributed by atoms with van der Waals surface area (Å²) < 4.78 is 0. The van der Waals surface area contributed by atoms with E-state index < -0.39 is 11.9 Å². The van der Waals surface area contributed by atoms with Crippen molar-refractivity contribution < 1.29 is 19.8 Å². The topological polar surface area (TPSA) is 98.7 Å². The molecule has 1 fully saturated rings. The minimum atomic E-state index is -1.11. The molecule has 1 aliphatic heterocycles. The van der Waals surface area contributed by atoms with Crippen molar-refractivity contribution in [3.63, 3.8) is 0 Å². The minimum absolute atomic E-state index is 0.0277. The molecule has 1 aromatic rings. The first-order valence-electron chi connectivity index (χ1n) is 6.01. The van der Waals surface area contributed by atoms with Crippen LogP contribution >= 0.6 is 0 Å². The monoisotopic (exact) mass is 266 g/mol. The van der Waals surface area contributed by atoms with Gasteiger partial charge in [0.15, 0.2) is 0 Å². The van der Waals surface area contributed by atoms with Crippen molar-refractivity contribution in [1.82, 2.24) is 10.6 Å². The molecule has 0 bridgehead atoms. The van der Waals surface area contributed by atoms with E-state index in [2.05, 4.69) is 10.6 Å². The van der Waals surface area contributed by atoms with Gasteiger partial charge in [-0.05, 0) is 24.6 Å². The van der Waals surface area contributed by atoms with Crippen LogP contribution in [0.15, 0.2) is 18.2 Å². The standard InChI is InChI=1S/C9H8O4.C4H10N2/c1-5-6(8(10)11)3-2-4-7(5)9(12)13;1-2-6-4-3-5-1/h2-4H,1H3,(H,10,11)(H,12,13);5-6H,1-4H2. The van der Waals surface area contributed by atoms with Gasteiger partial charge < -0.3 is 20.8 Å². The van der Waals surface area contributed by atoms with Gasteiger partial charge in [-0.3, -0.25) is 0 Å². The van der Waals surface area contributed by atoms with Crippen molar-refractivity contribution in [2.75, 3.05) is 26.2 Å². The van der Waals surface area contributed by atoms with Crippen molar-refractivity contribution >= 4 is 11.9 Å². The average molecular weight is 266 g/mol. The third kappa shape index (κ3) is 4.69. The lowest BCUT2D eigenvalue weighted by Crippen LogP contribution is -2.39. The van der Waals surface area contributed by atoms with E-state index in [4.69, 9.17) is 10.2 Å². The Labute approximate surface area is 111 Å². The molecular formula is C13H18N2O4. The summed E-state index contributed by atoms with van der Waals surface area (Å²) in [4.78, 5) is 21.2. The highest BCUT2D eigenvalue weighted by molar-refractivity contribution is 5.96. The summed E-state index contributed by atoms with van der Waals surface area (Å²) in [6.07, 6.45) is 0. The normalized spacial score (nSPS) is 14.2. The maximum absolute atomic E-state index is 10.6. The van der Waals surface area contributed by atoms with Crippen LogP contribution in [0.2, 0.25) is 0 Å². The fourth-order valence-corrected chi connectivity index (χ4v) is 1.70. The van der Waals surface area contributed by atoms with Crippen LogP contribution in [0.1, 0.15) is 26.3 Å². The molecular weight excluding hydrogens is 248 g/mol. The molecule has 1 aliphatic rings. The maximum atomic E-state index is 10.6. The molecule has 1 saturated heterocycles. The number of aromatic carboxylic acids is 2. The number of hydrogen-bond donors (Lipinski definition) is 4. The highest BCUT2D eigenvalue weighted by Gasteiger charge is 2.13. The van der Waals surface area contributed by atoms with Crippen LogP contribution in [0.3, 0.4) is 0 Å². The Morgan fingerprint density at radius 3 is 1.58 bits per heavy atom. The number of carbonyl (C=O) groups is 2. The number of hydrogen-bond acceptors (Lipinski definition) is 4. The number of rotatable bonds is 2. The molecule has 4 N–H and O–H groups in total. The van der Waals surface area contributed by atoms with Gasteiger partial charge in [-0.15, -0.1) is 0 Å². The molecule has 2 rings (SSSR count). The Kier molecular flexibility index (Phi) is 5.98. The first-order chi connectivity index (χ1) is 9.04. The molecule has 19 heavy (non-hydrogen) atoms. The van der Waals surface area contributed by atoms with Crippen LogP contribution in [-0.2, 0) is 0 Å². The second-order valence-electron chi connectivity index (χ2n) is 4.09. The molecule has 6 heteroatoms. The Balaban J connectivity index is 0.000000250. The number of piperazine rings is 1. The summed E-state index contributed by atoms with van der Waals surface area (Å²) in [7, 11) is 0. The van der Waals surface area contributed by atoms with Gasteiger partial charge in [0.1, 0.15) is 0 Å². The van der Waals surface area contributed by atoms with Crippen molar-refractivity contribution in [2.24, 2.45) is 0 Å². The lowest BCUT2D eigenvalue weighted by molar-refractivity contribution is 0.0696. The van der Waals surface area contributed by atoms with Gasteiger partial charge in [-0.25, -0.2) is 9.59 Å². The third-order valence-corrected chi connectivity index (χ3v) is 2.75. The third-order valence-electron chi connectivity index (χ3n) is 2.75. The summed E-state index contributed by atoms with van der Waals surface area (Å²) in [5.41, 5.74) is 0.335. The lowest BCUT2D eigenvalue weighted by atomic mass is 10.0. The van der Waals surface area contributed by atoms with Gasteiger partial charge in [0.05, 0.1) is 11.1 Å². The highest BCUT2D eigenvalue weighted by Crippen LogP contribution is 2.13. The van der Waals surface area contributed by atoms with Gasteiger partial charge in [0, 0.05) is 26.2 Å². The van der Waals surface area contributed by atoms with Gasteiger partial charge in [0.2, 0.25) is 0 Å². The van der Waals surface area contributed by atoms with E-state index in [1.165, 1.54) is 25.1 Å². The Hall–Kier alpha value is -1.92. The fraction of sp³-hybridized carbons (Fsp3) is 0.385. The van der Waals surface area contributed by atoms with E-state index in [1.807, 2.05) is 0 Å². The zero-order valence-corrected chi connectivity index (χ0v) is 10.8. The maximum Gasteiger partial charge on any atom is 0.335 e. The molecule has 0 aromatic heterocycles. The van der Waals surface area contributed by atoms with E-state index in [0.29, 0.717) is 0 Å². The lowest BCUT2D eigenvalue weighted by Gasteiger charge is -2.11. The Morgan fingerprint density at radius 2 is 1.32 bits per heavy atom. The van der Waals surface area contributed by atoms with Crippen molar-refractivity contribution in [1.29, 1.82) is 0 Å². The van der Waals surface area contributed by atoms with Crippen LogP contribution < -0.4 is 10.6 Å². The van der Waals surface area contributed by atoms with Gasteiger partial charge in [-0.2, -0.15) is 0 Å². The van der Waals surface area contributed by atoms with Crippen LogP contribution in [-0.4, -0.2) is 48.3 Å². The predicted molar refractivity (Wildman–Crippen MR) is 70.8 cm³/mol. The largest absolute Gasteiger partial charge is 0.478 e. The predicted octanol–water partition coefficient (Wildman–Crippen LogP) is 0.571. The van der Waals surface area contributed by atoms with Crippen LogP contribution in [0.25, 0.3) is 0 Å². The van der Waals surface area contributed by atoms with Crippen LogP contribution in [0.5, 0.6) is 0 Å². The first-order valence-corrected chi connectivity index (χ1v) is 6.01. The molecule has 0 amide bonds. The van der Waals surface area contributed by atoms with Crippen LogP contribution in [0, 0.1) is 6.92 Å². The summed E-state index contributed by atoms with van der Waals surface area (Å²) in [5.74, 6) is -2.22. The van der Waals surface area contributed by atoms with E-state index >= 15 is 0 Å². The molecule has 0 atom stereocenters. The van der Waals surface area contributed by atoms with E-state index in [1.54, 1.807) is 0 Å². The van der Waals surface area contributed by atoms with Gasteiger partial charge in [-0.1, -0.05) is 6.07 Å². The molecule has 104 valence electrons. The Bertz CT molecular complexity index is 412. The SMILES string of the molecule is C1CNCCN1.Cc1c(C(=O)O)cccc1C(=O)O. The molecule has 0 unspecified atom stereocenters. The van der Waals surface area contributed by atoms with Crippen molar-refractivity contribution in [3.05, 3.63) is 34.9 Å². The summed E-state index contributed by atoms with van der Waals surface area (Å²) in [6.45, 7) is 6.03. The number of carboxylic acids is 2. The fourth-order valence-electron chi connectivity index (χ4n) is 1.70. The van der Waals surface area contributed by atoms with Crippen molar-refractivity contribution in [2.45, 2.75) is 6.92 Å². The molecule has 0 radical (unpaired) electrons. The highest BCUT2D eigenvalue weighted by atomic mass is 16.4. The quantitative estimate of drug-likeness (QED) is 0.624. The second-order valence-corrected chi connectivity index (χ2v) is 4.09. The number of carboxylic acid groups (broad SMARTS) is 2. The molecule has 0 spiro atoms. The second kappa shape index (κ2) is 7.50. The van der Waals surface area contributed by atoms with Crippen molar-refractivity contribution in [3.8, 4) is 0 Å². The first kappa shape index (κ1) is 15.1. The molecule has 1 heterocycles. The molecule has 0 saturated carbocycles. The molecule has 0 aliphatic carbocycles. The molecule has 1 aromatic carbocycles. The average Bonchev–Trinajstić information content (AvgIpc) is 2.41. The summed E-state index contributed by atoms with van der Waals surface area (Å²) in [5, 5.41) is 23.8. The summed E-state index contributed by atoms with van der Waals surface area (Å²) in [6, 6.07) is 4.17. The minimum Gasteiger partial charge on any atom is -0.478 e. The zero-order chi connectivity index (χ0) is 14.3. The Morgan fingerprint density at radius 1 is 0.947 bits per heavy atom. The smallest absolute Gasteiger partial charge is 0.335 e. The number of benzene rings is 1. The molecule has 6 nitrogen and oxygen atoms in total.